The quantitative estimate of drug-likeness (QED) is 0.882. The molecule has 2 heterocycles. The number of nitrogens with one attached hydrogen (secondary N) is 1. The molecule has 1 fully saturated rings. The molecule has 1 N–H and O–H groups in total. The van der Waals surface area contributed by atoms with E-state index in [0.29, 0.717) is 12.3 Å². The molecular weight excluding hydrogens is 352 g/mol. The number of aryl methyl sites for hydroxylation is 1. The molecule has 2 aliphatic rings. The Morgan fingerprint density at radius 2 is 2.11 bits per heavy atom. The van der Waals surface area contributed by atoms with Crippen LogP contribution in [0.3, 0.4) is 0 Å². The molecule has 1 aliphatic carbocycles. The number of hydrogen-bond acceptors (Lipinski definition) is 5. The van der Waals surface area contributed by atoms with E-state index in [0.717, 1.165) is 62.0 Å². The van der Waals surface area contributed by atoms with Crippen LogP contribution in [0.2, 0.25) is 0 Å². The van der Waals surface area contributed by atoms with E-state index in [4.69, 9.17) is 9.72 Å². The Morgan fingerprint density at radius 1 is 1.29 bits per heavy atom. The molecule has 148 valence electrons. The van der Waals surface area contributed by atoms with Crippen molar-refractivity contribution in [3.63, 3.8) is 0 Å². The highest BCUT2D eigenvalue weighted by Gasteiger charge is 2.27. The lowest BCUT2D eigenvalue weighted by Crippen LogP contribution is -2.38. The highest BCUT2D eigenvalue weighted by atomic mass is 16.5. The largest absolute Gasteiger partial charge is 0.378 e. The van der Waals surface area contributed by atoms with Gasteiger partial charge in [0.25, 0.3) is 0 Å². The summed E-state index contributed by atoms with van der Waals surface area (Å²) in [7, 11) is 0. The molecule has 1 unspecified atom stereocenters. The van der Waals surface area contributed by atoms with Gasteiger partial charge in [-0.2, -0.15) is 0 Å². The molecule has 6 nitrogen and oxygen atoms in total. The van der Waals surface area contributed by atoms with Crippen LogP contribution < -0.4 is 10.2 Å². The lowest BCUT2D eigenvalue weighted by molar-refractivity contribution is -0.120. The number of carbonyl (C=O) groups excluding carboxylic acids is 1. The van der Waals surface area contributed by atoms with Crippen LogP contribution in [0.25, 0.3) is 0 Å². The number of amides is 1. The number of aromatic nitrogens is 2. The fourth-order valence-electron chi connectivity index (χ4n) is 3.86. The summed E-state index contributed by atoms with van der Waals surface area (Å²) in [5, 5.41) is 3.10. The van der Waals surface area contributed by atoms with Crippen LogP contribution in [0, 0.1) is 5.92 Å². The molecule has 1 atom stereocenters. The molecule has 1 amide bonds. The van der Waals surface area contributed by atoms with E-state index in [1.165, 1.54) is 5.56 Å². The van der Waals surface area contributed by atoms with Crippen LogP contribution in [0.1, 0.15) is 43.0 Å². The lowest BCUT2D eigenvalue weighted by atomic mass is 9.86. The normalized spacial score (nSPS) is 19.4. The lowest BCUT2D eigenvalue weighted by Gasteiger charge is -2.28. The fourth-order valence-corrected chi connectivity index (χ4v) is 3.86. The molecule has 2 aromatic rings. The molecule has 28 heavy (non-hydrogen) atoms. The van der Waals surface area contributed by atoms with Crippen molar-refractivity contribution in [3.05, 3.63) is 47.3 Å². The van der Waals surface area contributed by atoms with Gasteiger partial charge >= 0.3 is 0 Å². The van der Waals surface area contributed by atoms with Crippen molar-refractivity contribution in [2.75, 3.05) is 36.5 Å². The number of nitrogens with zero attached hydrogens (tertiary/aromatic N) is 3. The first-order chi connectivity index (χ1) is 13.6. The Kier molecular flexibility index (Phi) is 5.57. The molecule has 0 saturated carbocycles. The van der Waals surface area contributed by atoms with Crippen molar-refractivity contribution in [1.29, 1.82) is 0 Å². The summed E-state index contributed by atoms with van der Waals surface area (Å²) in [6.45, 7) is 7.42. The number of carbonyl (C=O) groups is 1. The second-order valence-corrected chi connectivity index (χ2v) is 7.95. The minimum Gasteiger partial charge on any atom is -0.378 e. The van der Waals surface area contributed by atoms with Crippen molar-refractivity contribution in [2.45, 2.75) is 39.0 Å². The molecular formula is C22H28N4O2. The molecule has 1 aromatic heterocycles. The average molecular weight is 380 g/mol. The summed E-state index contributed by atoms with van der Waals surface area (Å²) in [6, 6.07) is 8.12. The van der Waals surface area contributed by atoms with Crippen molar-refractivity contribution in [2.24, 2.45) is 5.92 Å². The standard InChI is InChI=1S/C22H28N4O2/c1-15(2)16-4-3-5-19(13-16)24-21(27)17-6-7-20-18(12-17)14-23-22(25-20)26-8-10-28-11-9-26/h3-5,13-15,17H,6-12H2,1-2H3,(H,24,27). The first kappa shape index (κ1) is 18.9. The summed E-state index contributed by atoms with van der Waals surface area (Å²) in [4.78, 5) is 24.3. The molecule has 0 bridgehead atoms. The van der Waals surface area contributed by atoms with Gasteiger partial charge in [0, 0.05) is 36.6 Å². The maximum Gasteiger partial charge on any atom is 0.227 e. The first-order valence-corrected chi connectivity index (χ1v) is 10.2. The van der Waals surface area contributed by atoms with Gasteiger partial charge in [-0.05, 0) is 48.4 Å². The number of ether oxygens (including phenoxy) is 1. The fraction of sp³-hybridized carbons (Fsp3) is 0.500. The Labute approximate surface area is 166 Å². The van der Waals surface area contributed by atoms with Gasteiger partial charge in [0.05, 0.1) is 13.2 Å². The third kappa shape index (κ3) is 4.17. The van der Waals surface area contributed by atoms with E-state index in [-0.39, 0.29) is 11.8 Å². The van der Waals surface area contributed by atoms with Gasteiger partial charge < -0.3 is 15.0 Å². The molecule has 6 heteroatoms. The minimum absolute atomic E-state index is 0.0342. The van der Waals surface area contributed by atoms with Crippen molar-refractivity contribution < 1.29 is 9.53 Å². The van der Waals surface area contributed by atoms with Crippen molar-refractivity contribution >= 4 is 17.5 Å². The summed E-state index contributed by atoms with van der Waals surface area (Å²) < 4.78 is 5.40. The zero-order valence-electron chi connectivity index (χ0n) is 16.6. The maximum absolute atomic E-state index is 12.8. The van der Waals surface area contributed by atoms with Crippen LogP contribution >= 0.6 is 0 Å². The van der Waals surface area contributed by atoms with E-state index in [9.17, 15) is 4.79 Å². The predicted molar refractivity (Wildman–Crippen MR) is 110 cm³/mol. The minimum atomic E-state index is -0.0342. The molecule has 1 aromatic carbocycles. The molecule has 0 radical (unpaired) electrons. The Hall–Kier alpha value is -2.47. The smallest absolute Gasteiger partial charge is 0.227 e. The zero-order valence-corrected chi connectivity index (χ0v) is 16.6. The Morgan fingerprint density at radius 3 is 2.89 bits per heavy atom. The van der Waals surface area contributed by atoms with E-state index in [1.807, 2.05) is 18.3 Å². The predicted octanol–water partition coefficient (Wildman–Crippen LogP) is 3.18. The first-order valence-electron chi connectivity index (χ1n) is 10.2. The van der Waals surface area contributed by atoms with Crippen LogP contribution in [0.15, 0.2) is 30.5 Å². The van der Waals surface area contributed by atoms with E-state index >= 15 is 0 Å². The third-order valence-corrected chi connectivity index (χ3v) is 5.62. The number of rotatable bonds is 4. The summed E-state index contributed by atoms with van der Waals surface area (Å²) in [5.74, 6) is 1.28. The maximum atomic E-state index is 12.8. The highest BCUT2D eigenvalue weighted by molar-refractivity contribution is 5.93. The van der Waals surface area contributed by atoms with Crippen LogP contribution in [-0.4, -0.2) is 42.2 Å². The number of hydrogen-bond donors (Lipinski definition) is 1. The average Bonchev–Trinajstić information content (AvgIpc) is 2.73. The van der Waals surface area contributed by atoms with Gasteiger partial charge in [0.1, 0.15) is 0 Å². The molecule has 4 rings (SSSR count). The SMILES string of the molecule is CC(C)c1cccc(NC(=O)C2CCc3nc(N4CCOCC4)ncc3C2)c1. The molecule has 0 spiro atoms. The van der Waals surface area contributed by atoms with Crippen LogP contribution in [0.5, 0.6) is 0 Å². The number of morpholine rings is 1. The van der Waals surface area contributed by atoms with E-state index in [2.05, 4.69) is 41.2 Å². The van der Waals surface area contributed by atoms with Crippen LogP contribution in [-0.2, 0) is 22.4 Å². The zero-order chi connectivity index (χ0) is 19.5. The highest BCUT2D eigenvalue weighted by Crippen LogP contribution is 2.27. The van der Waals surface area contributed by atoms with Crippen LogP contribution in [0.4, 0.5) is 11.6 Å². The Bertz CT molecular complexity index is 846. The van der Waals surface area contributed by atoms with E-state index < -0.39 is 0 Å². The van der Waals surface area contributed by atoms with E-state index in [1.54, 1.807) is 0 Å². The van der Waals surface area contributed by atoms with Gasteiger partial charge in [0.15, 0.2) is 0 Å². The second-order valence-electron chi connectivity index (χ2n) is 7.95. The van der Waals surface area contributed by atoms with Crippen molar-refractivity contribution in [1.82, 2.24) is 9.97 Å². The summed E-state index contributed by atoms with van der Waals surface area (Å²) in [5.41, 5.74) is 4.29. The second kappa shape index (κ2) is 8.27. The summed E-state index contributed by atoms with van der Waals surface area (Å²) in [6.07, 6.45) is 4.25. The van der Waals surface area contributed by atoms with Gasteiger partial charge in [-0.25, -0.2) is 9.97 Å². The Balaban J connectivity index is 1.42. The number of fused-ring (bicyclic) bond motifs is 1. The summed E-state index contributed by atoms with van der Waals surface area (Å²) >= 11 is 0. The monoisotopic (exact) mass is 380 g/mol. The van der Waals surface area contributed by atoms with Gasteiger partial charge in [-0.1, -0.05) is 26.0 Å². The molecule has 1 saturated heterocycles. The van der Waals surface area contributed by atoms with Crippen molar-refractivity contribution in [3.8, 4) is 0 Å². The third-order valence-electron chi connectivity index (χ3n) is 5.62. The van der Waals surface area contributed by atoms with Gasteiger partial charge in [-0.3, -0.25) is 4.79 Å². The number of benzene rings is 1. The molecule has 1 aliphatic heterocycles. The van der Waals surface area contributed by atoms with Gasteiger partial charge in [-0.15, -0.1) is 0 Å². The topological polar surface area (TPSA) is 67.4 Å². The number of anilines is 2. The van der Waals surface area contributed by atoms with Gasteiger partial charge in [0.2, 0.25) is 11.9 Å².